The molecule has 0 saturated heterocycles. The summed E-state index contributed by atoms with van der Waals surface area (Å²) in [6.45, 7) is 0. The van der Waals surface area contributed by atoms with Crippen LogP contribution >= 0.6 is 11.3 Å². The molecular weight excluding hydrogens is 623 g/mol. The normalized spacial score (nSPS) is 11.2. The largest absolute Gasteiger partial charge is 0.310 e. The van der Waals surface area contributed by atoms with Gasteiger partial charge < -0.3 is 4.90 Å². The van der Waals surface area contributed by atoms with E-state index in [1.165, 1.54) is 64.7 Å². The summed E-state index contributed by atoms with van der Waals surface area (Å²) >= 11 is 1.85. The quantitative estimate of drug-likeness (QED) is 0.165. The van der Waals surface area contributed by atoms with Gasteiger partial charge in [0.15, 0.2) is 0 Å². The number of rotatable bonds is 7. The molecule has 0 unspecified atom stereocenters. The molecule has 1 heterocycles. The summed E-state index contributed by atoms with van der Waals surface area (Å²) in [6, 6.07) is 72.5. The lowest BCUT2D eigenvalue weighted by Gasteiger charge is -2.30. The highest BCUT2D eigenvalue weighted by Crippen LogP contribution is 2.49. The van der Waals surface area contributed by atoms with Crippen LogP contribution in [0.1, 0.15) is 0 Å². The van der Waals surface area contributed by atoms with E-state index in [-0.39, 0.29) is 0 Å². The fourth-order valence-electron chi connectivity index (χ4n) is 7.17. The van der Waals surface area contributed by atoms with Crippen molar-refractivity contribution in [2.45, 2.75) is 0 Å². The van der Waals surface area contributed by atoms with Crippen LogP contribution in [0.3, 0.4) is 0 Å². The molecule has 1 aromatic heterocycles. The van der Waals surface area contributed by atoms with Gasteiger partial charge in [0.05, 0.1) is 5.69 Å². The smallest absolute Gasteiger partial charge is 0.0546 e. The zero-order valence-corrected chi connectivity index (χ0v) is 28.2. The van der Waals surface area contributed by atoms with Crippen LogP contribution in [-0.2, 0) is 0 Å². The van der Waals surface area contributed by atoms with Crippen LogP contribution in [0.25, 0.3) is 64.7 Å². The maximum Gasteiger partial charge on any atom is 0.0546 e. The average Bonchev–Trinajstić information content (AvgIpc) is 3.57. The Kier molecular flexibility index (Phi) is 7.77. The molecule has 1 nitrogen and oxygen atoms in total. The molecule has 8 aromatic carbocycles. The lowest BCUT2D eigenvalue weighted by molar-refractivity contribution is 1.29. The molecule has 50 heavy (non-hydrogen) atoms. The number of anilines is 3. The van der Waals surface area contributed by atoms with Crippen LogP contribution in [0.2, 0.25) is 0 Å². The van der Waals surface area contributed by atoms with Crippen LogP contribution in [0.4, 0.5) is 17.1 Å². The van der Waals surface area contributed by atoms with E-state index in [4.69, 9.17) is 0 Å². The Morgan fingerprint density at radius 3 is 1.62 bits per heavy atom. The number of hydrogen-bond acceptors (Lipinski definition) is 2. The molecule has 0 amide bonds. The molecule has 0 aliphatic carbocycles. The predicted molar refractivity (Wildman–Crippen MR) is 216 cm³/mol. The van der Waals surface area contributed by atoms with Crippen molar-refractivity contribution in [3.05, 3.63) is 200 Å². The molecule has 0 aliphatic heterocycles. The Hall–Kier alpha value is -6.22. The SMILES string of the molecule is c1ccc(-c2cccc(N(c3ccc4sc5ccccc5c4c3)c3cccc(-c4ccccc4)c3-c3ccccc3-c3ccccc3)c2)cc1. The van der Waals surface area contributed by atoms with Gasteiger partial charge in [-0.2, -0.15) is 0 Å². The first-order chi connectivity index (χ1) is 24.8. The third kappa shape index (κ3) is 5.46. The lowest BCUT2D eigenvalue weighted by Crippen LogP contribution is -2.12. The van der Waals surface area contributed by atoms with Crippen molar-refractivity contribution in [3.8, 4) is 44.5 Å². The topological polar surface area (TPSA) is 3.24 Å². The number of thiophene rings is 1. The van der Waals surface area contributed by atoms with Crippen molar-refractivity contribution >= 4 is 48.6 Å². The monoisotopic (exact) mass is 655 g/mol. The number of hydrogen-bond donors (Lipinski definition) is 0. The summed E-state index contributed by atoms with van der Waals surface area (Å²) < 4.78 is 2.60. The van der Waals surface area contributed by atoms with Gasteiger partial charge in [-0.15, -0.1) is 11.3 Å². The molecule has 0 aliphatic rings. The van der Waals surface area contributed by atoms with Crippen molar-refractivity contribution in [3.63, 3.8) is 0 Å². The molecular formula is C48H33NS. The lowest BCUT2D eigenvalue weighted by atomic mass is 9.87. The van der Waals surface area contributed by atoms with Crippen molar-refractivity contribution in [2.75, 3.05) is 4.90 Å². The fourth-order valence-corrected chi connectivity index (χ4v) is 8.26. The molecule has 0 radical (unpaired) electrons. The zero-order chi connectivity index (χ0) is 33.3. The minimum Gasteiger partial charge on any atom is -0.310 e. The van der Waals surface area contributed by atoms with Crippen molar-refractivity contribution < 1.29 is 0 Å². The van der Waals surface area contributed by atoms with Crippen molar-refractivity contribution in [2.24, 2.45) is 0 Å². The Morgan fingerprint density at radius 1 is 0.320 bits per heavy atom. The fraction of sp³-hybridized carbons (Fsp3) is 0. The van der Waals surface area contributed by atoms with Gasteiger partial charge in [-0.05, 0) is 81.4 Å². The highest BCUT2D eigenvalue weighted by molar-refractivity contribution is 7.25. The van der Waals surface area contributed by atoms with Crippen molar-refractivity contribution in [1.29, 1.82) is 0 Å². The van der Waals surface area contributed by atoms with Gasteiger partial charge >= 0.3 is 0 Å². The van der Waals surface area contributed by atoms with E-state index >= 15 is 0 Å². The van der Waals surface area contributed by atoms with Gasteiger partial charge in [0.25, 0.3) is 0 Å². The molecule has 0 N–H and O–H groups in total. The predicted octanol–water partition coefficient (Wildman–Crippen LogP) is 14.2. The number of fused-ring (bicyclic) bond motifs is 3. The molecule has 0 bridgehead atoms. The third-order valence-corrected chi connectivity index (χ3v) is 10.6. The van der Waals surface area contributed by atoms with E-state index < -0.39 is 0 Å². The van der Waals surface area contributed by atoms with Crippen LogP contribution in [0.15, 0.2) is 200 Å². The molecule has 0 atom stereocenters. The first-order valence-corrected chi connectivity index (χ1v) is 17.8. The molecule has 9 rings (SSSR count). The van der Waals surface area contributed by atoms with Crippen LogP contribution in [-0.4, -0.2) is 0 Å². The Labute approximate surface area is 297 Å². The van der Waals surface area contributed by atoms with Gasteiger partial charge in [-0.25, -0.2) is 0 Å². The van der Waals surface area contributed by atoms with Crippen molar-refractivity contribution in [1.82, 2.24) is 0 Å². The standard InChI is InChI=1S/C48H33NS/c1-4-16-34(17-5-1)37-22-14-23-38(32-37)49(39-30-31-47-44(33-39)42-25-12-13-29-46(42)50-47)45-28-15-27-41(36-20-8-3-9-21-36)48(45)43-26-11-10-24-40(43)35-18-6-2-7-19-35/h1-33H. The first kappa shape index (κ1) is 29.9. The molecule has 2 heteroatoms. The Morgan fingerprint density at radius 2 is 0.860 bits per heavy atom. The summed E-state index contributed by atoms with van der Waals surface area (Å²) in [7, 11) is 0. The molecule has 0 fully saturated rings. The zero-order valence-electron chi connectivity index (χ0n) is 27.4. The summed E-state index contributed by atoms with van der Waals surface area (Å²) in [5.41, 5.74) is 12.9. The summed E-state index contributed by atoms with van der Waals surface area (Å²) in [4.78, 5) is 2.46. The van der Waals surface area contributed by atoms with E-state index in [1.54, 1.807) is 0 Å². The maximum atomic E-state index is 2.46. The summed E-state index contributed by atoms with van der Waals surface area (Å²) in [5, 5.41) is 2.57. The summed E-state index contributed by atoms with van der Waals surface area (Å²) in [6.07, 6.45) is 0. The highest BCUT2D eigenvalue weighted by atomic mass is 32.1. The molecule has 9 aromatic rings. The highest BCUT2D eigenvalue weighted by Gasteiger charge is 2.23. The number of nitrogens with zero attached hydrogens (tertiary/aromatic N) is 1. The van der Waals surface area contributed by atoms with E-state index in [0.29, 0.717) is 0 Å². The summed E-state index contributed by atoms with van der Waals surface area (Å²) in [5.74, 6) is 0. The minimum absolute atomic E-state index is 1.11. The van der Waals surface area contributed by atoms with Crippen LogP contribution in [0, 0.1) is 0 Å². The van der Waals surface area contributed by atoms with Gasteiger partial charge in [-0.1, -0.05) is 158 Å². The second-order valence-electron chi connectivity index (χ2n) is 12.5. The average molecular weight is 656 g/mol. The molecule has 0 saturated carbocycles. The Bertz CT molecular complexity index is 2590. The van der Waals surface area contributed by atoms with E-state index in [2.05, 4.69) is 205 Å². The second-order valence-corrected chi connectivity index (χ2v) is 13.6. The van der Waals surface area contributed by atoms with Gasteiger partial charge in [0.2, 0.25) is 0 Å². The van der Waals surface area contributed by atoms with Crippen LogP contribution in [0.5, 0.6) is 0 Å². The second kappa shape index (κ2) is 13.0. The van der Waals surface area contributed by atoms with E-state index in [9.17, 15) is 0 Å². The first-order valence-electron chi connectivity index (χ1n) is 17.0. The van der Waals surface area contributed by atoms with Gasteiger partial charge in [0.1, 0.15) is 0 Å². The minimum atomic E-state index is 1.11. The number of benzene rings is 8. The third-order valence-electron chi connectivity index (χ3n) is 9.48. The van der Waals surface area contributed by atoms with E-state index in [0.717, 1.165) is 17.1 Å². The van der Waals surface area contributed by atoms with Crippen LogP contribution < -0.4 is 4.90 Å². The molecule has 236 valence electrons. The Balaban J connectivity index is 1.36. The molecule has 0 spiro atoms. The van der Waals surface area contributed by atoms with Gasteiger partial charge in [-0.3, -0.25) is 0 Å². The maximum absolute atomic E-state index is 2.46. The van der Waals surface area contributed by atoms with Gasteiger partial charge in [0, 0.05) is 37.1 Å². The van der Waals surface area contributed by atoms with E-state index in [1.807, 2.05) is 11.3 Å².